The van der Waals surface area contributed by atoms with Crippen molar-refractivity contribution in [2.45, 2.75) is 6.18 Å². The Bertz CT molecular complexity index is 1600. The Morgan fingerprint density at radius 3 is 2.46 bits per heavy atom. The van der Waals surface area contributed by atoms with Crippen LogP contribution in [0.5, 0.6) is 5.75 Å². The zero-order chi connectivity index (χ0) is 25.5. The van der Waals surface area contributed by atoms with Crippen LogP contribution in [0.3, 0.4) is 0 Å². The number of fused-ring (bicyclic) bond motifs is 1. The lowest BCUT2D eigenvalue weighted by atomic mass is 10.1. The standard InChI is InChI=1S/C23H14Cl2F3N3O3S/c1-34-19-7-4-13(10-16(19)25)29-20(32)11-2-5-14-17(8-11)30-22(35)31(21(14)33)18-9-12(23(26,27)28)3-6-15(18)24/h2-10H,1H3,(H,29,32)(H,30,35). The summed E-state index contributed by atoms with van der Waals surface area (Å²) in [4.78, 5) is 28.7. The van der Waals surface area contributed by atoms with Gasteiger partial charge in [0.05, 0.1) is 39.3 Å². The van der Waals surface area contributed by atoms with E-state index in [1.54, 1.807) is 12.1 Å². The van der Waals surface area contributed by atoms with Crippen molar-refractivity contribution in [1.82, 2.24) is 9.55 Å². The zero-order valence-electron chi connectivity index (χ0n) is 17.7. The first-order chi connectivity index (χ1) is 16.5. The number of H-pyrrole nitrogens is 1. The third-order valence-corrected chi connectivity index (χ3v) is 5.98. The number of hydrogen-bond acceptors (Lipinski definition) is 4. The average molecular weight is 540 g/mol. The Balaban J connectivity index is 1.74. The number of anilines is 1. The van der Waals surface area contributed by atoms with Crippen LogP contribution in [-0.4, -0.2) is 22.6 Å². The monoisotopic (exact) mass is 539 g/mol. The number of nitrogens with one attached hydrogen (secondary N) is 2. The second-order valence-electron chi connectivity index (χ2n) is 7.30. The summed E-state index contributed by atoms with van der Waals surface area (Å²) >= 11 is 17.4. The van der Waals surface area contributed by atoms with Crippen LogP contribution in [0.25, 0.3) is 16.6 Å². The van der Waals surface area contributed by atoms with Crippen LogP contribution in [0.1, 0.15) is 15.9 Å². The summed E-state index contributed by atoms with van der Waals surface area (Å²) in [5.41, 5.74) is -1.05. The van der Waals surface area contributed by atoms with Crippen molar-refractivity contribution in [3.8, 4) is 11.4 Å². The smallest absolute Gasteiger partial charge is 0.416 e. The van der Waals surface area contributed by atoms with Crippen LogP contribution >= 0.6 is 35.4 Å². The van der Waals surface area contributed by atoms with Gasteiger partial charge in [-0.25, -0.2) is 0 Å². The van der Waals surface area contributed by atoms with Crippen molar-refractivity contribution in [3.05, 3.63) is 90.9 Å². The van der Waals surface area contributed by atoms with E-state index in [9.17, 15) is 22.8 Å². The van der Waals surface area contributed by atoms with E-state index in [0.717, 1.165) is 22.8 Å². The maximum atomic E-state index is 13.2. The van der Waals surface area contributed by atoms with Gasteiger partial charge in [-0.15, -0.1) is 0 Å². The molecule has 1 aromatic heterocycles. The fourth-order valence-electron chi connectivity index (χ4n) is 3.39. The Labute approximate surface area is 210 Å². The first-order valence-electron chi connectivity index (χ1n) is 9.80. The highest BCUT2D eigenvalue weighted by molar-refractivity contribution is 7.71. The highest BCUT2D eigenvalue weighted by atomic mass is 35.5. The minimum absolute atomic E-state index is 0.0897. The molecule has 1 amide bonds. The largest absolute Gasteiger partial charge is 0.495 e. The van der Waals surface area contributed by atoms with E-state index in [-0.39, 0.29) is 31.9 Å². The van der Waals surface area contributed by atoms with E-state index in [1.165, 1.54) is 31.4 Å². The molecule has 0 aliphatic carbocycles. The van der Waals surface area contributed by atoms with Gasteiger partial charge in [-0.1, -0.05) is 23.2 Å². The van der Waals surface area contributed by atoms with Crippen LogP contribution < -0.4 is 15.6 Å². The molecule has 180 valence electrons. The third kappa shape index (κ3) is 4.90. The van der Waals surface area contributed by atoms with Gasteiger partial charge in [-0.05, 0) is 66.8 Å². The number of nitrogens with zero attached hydrogens (tertiary/aromatic N) is 1. The number of halogens is 5. The first-order valence-corrected chi connectivity index (χ1v) is 11.0. The molecule has 0 saturated heterocycles. The van der Waals surface area contributed by atoms with Crippen molar-refractivity contribution in [3.63, 3.8) is 0 Å². The van der Waals surface area contributed by atoms with E-state index in [4.69, 9.17) is 40.2 Å². The Morgan fingerprint density at radius 1 is 1.06 bits per heavy atom. The quantitative estimate of drug-likeness (QED) is 0.285. The second kappa shape index (κ2) is 9.37. The van der Waals surface area contributed by atoms with Gasteiger partial charge in [0.15, 0.2) is 4.77 Å². The molecule has 6 nitrogen and oxygen atoms in total. The van der Waals surface area contributed by atoms with E-state index in [1.807, 2.05) is 0 Å². The van der Waals surface area contributed by atoms with Gasteiger partial charge < -0.3 is 15.0 Å². The van der Waals surface area contributed by atoms with Crippen LogP contribution in [0.15, 0.2) is 59.4 Å². The normalized spacial score (nSPS) is 11.5. The van der Waals surface area contributed by atoms with Crippen LogP contribution in [0, 0.1) is 4.77 Å². The summed E-state index contributed by atoms with van der Waals surface area (Å²) in [5.74, 6) is -0.0438. The van der Waals surface area contributed by atoms with Crippen molar-refractivity contribution >= 4 is 57.9 Å². The number of aromatic nitrogens is 2. The molecule has 0 saturated carbocycles. The Kier molecular flexibility index (Phi) is 6.63. The molecule has 4 aromatic rings. The van der Waals surface area contributed by atoms with E-state index < -0.39 is 23.2 Å². The van der Waals surface area contributed by atoms with Crippen LogP contribution in [0.2, 0.25) is 10.0 Å². The lowest BCUT2D eigenvalue weighted by Gasteiger charge is -2.13. The highest BCUT2D eigenvalue weighted by Crippen LogP contribution is 2.33. The number of rotatable bonds is 4. The summed E-state index contributed by atoms with van der Waals surface area (Å²) in [6.45, 7) is 0. The molecule has 0 fully saturated rings. The number of carbonyl (C=O) groups excluding carboxylic acids is 1. The minimum Gasteiger partial charge on any atom is -0.495 e. The summed E-state index contributed by atoms with van der Waals surface area (Å²) in [6.07, 6.45) is -4.64. The van der Waals surface area contributed by atoms with Crippen molar-refractivity contribution in [2.24, 2.45) is 0 Å². The first kappa shape index (κ1) is 24.8. The predicted octanol–water partition coefficient (Wildman–Crippen LogP) is 6.63. The van der Waals surface area contributed by atoms with Gasteiger partial charge in [0.25, 0.3) is 11.5 Å². The molecule has 2 N–H and O–H groups in total. The Hall–Kier alpha value is -3.34. The molecule has 35 heavy (non-hydrogen) atoms. The van der Waals surface area contributed by atoms with Crippen molar-refractivity contribution in [2.75, 3.05) is 12.4 Å². The number of alkyl halides is 3. The second-order valence-corrected chi connectivity index (χ2v) is 8.50. The van der Waals surface area contributed by atoms with Crippen molar-refractivity contribution in [1.29, 1.82) is 0 Å². The number of amides is 1. The molecule has 0 unspecified atom stereocenters. The number of hydrogen-bond donors (Lipinski definition) is 2. The lowest BCUT2D eigenvalue weighted by molar-refractivity contribution is -0.137. The predicted molar refractivity (Wildman–Crippen MR) is 131 cm³/mol. The van der Waals surface area contributed by atoms with Gasteiger partial charge in [0.1, 0.15) is 5.75 Å². The number of aromatic amines is 1. The zero-order valence-corrected chi connectivity index (χ0v) is 20.0. The van der Waals surface area contributed by atoms with E-state index >= 15 is 0 Å². The van der Waals surface area contributed by atoms with Crippen LogP contribution in [-0.2, 0) is 6.18 Å². The van der Waals surface area contributed by atoms with Crippen molar-refractivity contribution < 1.29 is 22.7 Å². The molecule has 12 heteroatoms. The molecule has 4 rings (SSSR count). The molecule has 1 heterocycles. The minimum atomic E-state index is -4.64. The lowest BCUT2D eigenvalue weighted by Crippen LogP contribution is -2.22. The number of ether oxygens (including phenoxy) is 1. The molecule has 3 aromatic carbocycles. The van der Waals surface area contributed by atoms with Gasteiger partial charge in [0.2, 0.25) is 0 Å². The number of carbonyl (C=O) groups is 1. The molecular weight excluding hydrogens is 526 g/mol. The van der Waals surface area contributed by atoms with Gasteiger partial charge >= 0.3 is 6.18 Å². The summed E-state index contributed by atoms with van der Waals surface area (Å²) in [5, 5.41) is 2.99. The SMILES string of the molecule is COc1ccc(NC(=O)c2ccc3c(=O)n(-c4cc(C(F)(F)F)ccc4Cl)c(=S)[nH]c3c2)cc1Cl. The molecule has 0 spiro atoms. The fourth-order valence-corrected chi connectivity index (χ4v) is 4.14. The van der Waals surface area contributed by atoms with Gasteiger partial charge in [0, 0.05) is 11.3 Å². The van der Waals surface area contributed by atoms with Gasteiger partial charge in [-0.3, -0.25) is 14.2 Å². The molecule has 0 aliphatic rings. The molecule has 0 aliphatic heterocycles. The Morgan fingerprint density at radius 2 is 1.80 bits per heavy atom. The summed E-state index contributed by atoms with van der Waals surface area (Å²) in [7, 11) is 1.47. The molecule has 0 bridgehead atoms. The summed E-state index contributed by atoms with van der Waals surface area (Å²) in [6, 6.07) is 11.5. The maximum Gasteiger partial charge on any atom is 0.416 e. The average Bonchev–Trinajstić information content (AvgIpc) is 2.79. The van der Waals surface area contributed by atoms with Gasteiger partial charge in [-0.2, -0.15) is 13.2 Å². The van der Waals surface area contributed by atoms with E-state index in [0.29, 0.717) is 16.5 Å². The summed E-state index contributed by atoms with van der Waals surface area (Å²) < 4.78 is 45.3. The molecule has 0 radical (unpaired) electrons. The number of methoxy groups -OCH3 is 1. The molecule has 0 atom stereocenters. The topological polar surface area (TPSA) is 76.1 Å². The van der Waals surface area contributed by atoms with Crippen LogP contribution in [0.4, 0.5) is 18.9 Å². The number of benzene rings is 3. The maximum absolute atomic E-state index is 13.2. The molecular formula is C23H14Cl2F3N3O3S. The van der Waals surface area contributed by atoms with E-state index in [2.05, 4.69) is 10.3 Å². The highest BCUT2D eigenvalue weighted by Gasteiger charge is 2.31. The fraction of sp³-hybridized carbons (Fsp3) is 0.0870. The third-order valence-electron chi connectivity index (χ3n) is 5.08.